The van der Waals surface area contributed by atoms with E-state index in [1.54, 1.807) is 0 Å². The number of furan rings is 1. The number of aryl methyl sites for hydroxylation is 3. The van der Waals surface area contributed by atoms with E-state index in [4.69, 9.17) is 4.42 Å². The van der Waals surface area contributed by atoms with Crippen molar-refractivity contribution in [3.8, 4) is 0 Å². The molecule has 0 spiro atoms. The van der Waals surface area contributed by atoms with Gasteiger partial charge < -0.3 is 19.1 Å². The molecule has 5 heteroatoms. The molecular formula is C67H72BN3O. The van der Waals surface area contributed by atoms with E-state index in [0.29, 0.717) is 0 Å². The van der Waals surface area contributed by atoms with Gasteiger partial charge in [0.25, 0.3) is 6.71 Å². The molecule has 0 saturated heterocycles. The Labute approximate surface area is 430 Å². The molecule has 1 aromatic heterocycles. The predicted molar refractivity (Wildman–Crippen MR) is 308 cm³/mol. The molecule has 4 aliphatic rings. The van der Waals surface area contributed by atoms with Crippen molar-refractivity contribution in [2.24, 2.45) is 0 Å². The lowest BCUT2D eigenvalue weighted by Crippen LogP contribution is -2.61. The Bertz CT molecular complexity index is 3430. The number of nitrogens with zero attached hydrogens (tertiary/aromatic N) is 3. The summed E-state index contributed by atoms with van der Waals surface area (Å²) in [6.45, 7) is 33.4. The van der Waals surface area contributed by atoms with Crippen molar-refractivity contribution >= 4 is 85.5 Å². The Morgan fingerprint density at radius 2 is 0.986 bits per heavy atom. The molecule has 2 aliphatic carbocycles. The maximum absolute atomic E-state index is 7.67. The zero-order valence-electron chi connectivity index (χ0n) is 45.4. The molecular weight excluding hydrogens is 874 g/mol. The van der Waals surface area contributed by atoms with Crippen molar-refractivity contribution in [1.29, 1.82) is 0 Å². The van der Waals surface area contributed by atoms with E-state index < -0.39 is 0 Å². The van der Waals surface area contributed by atoms with Gasteiger partial charge in [-0.15, -0.1) is 0 Å². The zero-order valence-corrected chi connectivity index (χ0v) is 45.4. The van der Waals surface area contributed by atoms with Crippen molar-refractivity contribution < 1.29 is 4.42 Å². The summed E-state index contributed by atoms with van der Waals surface area (Å²) in [6.07, 6.45) is 4.59. The molecule has 2 aliphatic heterocycles. The van der Waals surface area contributed by atoms with E-state index in [2.05, 4.69) is 245 Å². The Kier molecular flexibility index (Phi) is 10.2. The monoisotopic (exact) mass is 946 g/mol. The summed E-state index contributed by atoms with van der Waals surface area (Å²) < 4.78 is 7.67. The van der Waals surface area contributed by atoms with E-state index in [-0.39, 0.29) is 33.8 Å². The van der Waals surface area contributed by atoms with E-state index >= 15 is 0 Å². The molecule has 72 heavy (non-hydrogen) atoms. The van der Waals surface area contributed by atoms with Gasteiger partial charge in [0, 0.05) is 45.2 Å². The topological polar surface area (TPSA) is 22.9 Å². The van der Waals surface area contributed by atoms with Crippen molar-refractivity contribution in [3.63, 3.8) is 0 Å². The van der Waals surface area contributed by atoms with Gasteiger partial charge in [-0.2, -0.15) is 0 Å². The Morgan fingerprint density at radius 3 is 1.51 bits per heavy atom. The highest BCUT2D eigenvalue weighted by molar-refractivity contribution is 7.00. The predicted octanol–water partition coefficient (Wildman–Crippen LogP) is 16.9. The van der Waals surface area contributed by atoms with Crippen LogP contribution in [0, 0.1) is 20.8 Å². The second kappa shape index (κ2) is 15.8. The van der Waals surface area contributed by atoms with Gasteiger partial charge in [-0.25, -0.2) is 0 Å². The van der Waals surface area contributed by atoms with Crippen LogP contribution in [0.4, 0.5) is 51.2 Å². The largest absolute Gasteiger partial charge is 0.468 e. The van der Waals surface area contributed by atoms with Crippen molar-refractivity contribution in [2.75, 3.05) is 14.7 Å². The molecule has 0 N–H and O–H groups in total. The van der Waals surface area contributed by atoms with E-state index in [1.807, 2.05) is 0 Å². The summed E-state index contributed by atoms with van der Waals surface area (Å²) in [4.78, 5) is 7.64. The van der Waals surface area contributed by atoms with Crippen LogP contribution < -0.4 is 31.3 Å². The number of rotatable bonds is 5. The first-order chi connectivity index (χ1) is 34.0. The minimum Gasteiger partial charge on any atom is -0.468 e. The summed E-state index contributed by atoms with van der Waals surface area (Å²) >= 11 is 0. The van der Waals surface area contributed by atoms with Gasteiger partial charge in [0.05, 0.1) is 17.0 Å². The standard InChI is InChI=1S/C67H72BN3O/c1-41-33-56-59-57(34-41)71(60-42(2)35-48(36-43(60)3)69(45-21-17-15-18-22-45)46-23-19-16-20-24-46)55-39-52-51(65(9,10)30-31-66(52,11)12)38-54(55)68(59)62-61(70(56)47-27-25-44(26-28-47)63(4,5)6)49-37-50-53(40-58(49)72-62)67(13,14)32-29-64(50,7)8/h15-28,33-40H,29-32H2,1-14H3. The van der Waals surface area contributed by atoms with Crippen LogP contribution in [0.1, 0.15) is 146 Å². The highest BCUT2D eigenvalue weighted by Gasteiger charge is 2.50. The van der Waals surface area contributed by atoms with Crippen LogP contribution in [0.2, 0.25) is 0 Å². The second-order valence-electron chi connectivity index (χ2n) is 25.8. The van der Waals surface area contributed by atoms with Gasteiger partial charge in [-0.3, -0.25) is 0 Å². The second-order valence-corrected chi connectivity index (χ2v) is 25.8. The number of hydrogen-bond acceptors (Lipinski definition) is 4. The Morgan fingerprint density at radius 1 is 0.500 bits per heavy atom. The zero-order chi connectivity index (χ0) is 50.6. The lowest BCUT2D eigenvalue weighted by molar-refractivity contribution is 0.332. The van der Waals surface area contributed by atoms with Gasteiger partial charge >= 0.3 is 0 Å². The summed E-state index contributed by atoms with van der Waals surface area (Å²) in [5.41, 5.74) is 26.3. The molecule has 0 bridgehead atoms. The molecule has 0 unspecified atom stereocenters. The Hall–Kier alpha value is -6.46. The molecule has 8 aromatic rings. The van der Waals surface area contributed by atoms with Crippen molar-refractivity contribution in [3.05, 3.63) is 178 Å². The average molecular weight is 946 g/mol. The van der Waals surface area contributed by atoms with E-state index in [0.717, 1.165) is 59.7 Å². The minimum absolute atomic E-state index is 0.00912. The first-order valence-electron chi connectivity index (χ1n) is 26.7. The highest BCUT2D eigenvalue weighted by Crippen LogP contribution is 2.54. The number of benzene rings is 7. The molecule has 0 radical (unpaired) electrons. The lowest BCUT2D eigenvalue weighted by atomic mass is 9.35. The van der Waals surface area contributed by atoms with Crippen LogP contribution in [0.3, 0.4) is 0 Å². The molecule has 0 saturated carbocycles. The maximum Gasteiger partial charge on any atom is 0.297 e. The van der Waals surface area contributed by atoms with E-state index in [1.165, 1.54) is 89.3 Å². The van der Waals surface area contributed by atoms with E-state index in [9.17, 15) is 0 Å². The fraction of sp³-hybridized carbons (Fsp3) is 0.343. The number of anilines is 9. The number of para-hydroxylation sites is 2. The Balaban J connectivity index is 1.17. The van der Waals surface area contributed by atoms with Gasteiger partial charge in [0.2, 0.25) is 0 Å². The summed E-state index contributed by atoms with van der Waals surface area (Å²) in [6, 6.07) is 51.0. The third-order valence-corrected chi connectivity index (χ3v) is 17.7. The lowest BCUT2D eigenvalue weighted by Gasteiger charge is -2.47. The van der Waals surface area contributed by atoms with Gasteiger partial charge in [0.1, 0.15) is 5.58 Å². The molecule has 364 valence electrons. The van der Waals surface area contributed by atoms with Gasteiger partial charge in [0.15, 0.2) is 0 Å². The molecule has 0 fully saturated rings. The molecule has 3 heterocycles. The van der Waals surface area contributed by atoms with Crippen LogP contribution >= 0.6 is 0 Å². The van der Waals surface area contributed by atoms with Gasteiger partial charge in [-0.1, -0.05) is 131 Å². The van der Waals surface area contributed by atoms with Crippen LogP contribution in [0.15, 0.2) is 138 Å². The van der Waals surface area contributed by atoms with Crippen LogP contribution in [0.25, 0.3) is 11.0 Å². The smallest absolute Gasteiger partial charge is 0.297 e. The minimum atomic E-state index is -0.134. The number of fused-ring (bicyclic) bond motifs is 8. The SMILES string of the molecule is Cc1cc2c3c(c1)N(c1ccc(C(C)(C)C)cc1)c1c(oc4cc5c(cc14)C(C)(C)CCC5(C)C)B3c1cc3c(cc1N2c1c(C)cc(N(c2ccccc2)c2ccccc2)cc1C)C(C)(C)CCC3(C)C. The fourth-order valence-electron chi connectivity index (χ4n) is 13.4. The third-order valence-electron chi connectivity index (χ3n) is 17.7. The molecule has 7 aromatic carbocycles. The third kappa shape index (κ3) is 7.07. The highest BCUT2D eigenvalue weighted by atomic mass is 16.3. The first-order valence-corrected chi connectivity index (χ1v) is 26.7. The van der Waals surface area contributed by atoms with Gasteiger partial charge in [-0.05, 0) is 208 Å². The van der Waals surface area contributed by atoms with Crippen LogP contribution in [0.5, 0.6) is 0 Å². The molecule has 0 amide bonds. The van der Waals surface area contributed by atoms with Crippen LogP contribution in [-0.4, -0.2) is 6.71 Å². The molecule has 12 rings (SSSR count). The summed E-state index contributed by atoms with van der Waals surface area (Å²) in [5, 5.41) is 1.20. The quantitative estimate of drug-likeness (QED) is 0.160. The average Bonchev–Trinajstić information content (AvgIpc) is 3.70. The summed E-state index contributed by atoms with van der Waals surface area (Å²) in [5.74, 6) is 0. The number of hydrogen-bond donors (Lipinski definition) is 0. The van der Waals surface area contributed by atoms with Crippen molar-refractivity contribution in [1.82, 2.24) is 0 Å². The summed E-state index contributed by atoms with van der Waals surface area (Å²) in [7, 11) is 0. The molecule has 4 nitrogen and oxygen atoms in total. The van der Waals surface area contributed by atoms with Crippen LogP contribution in [-0.2, 0) is 27.1 Å². The fourth-order valence-corrected chi connectivity index (χ4v) is 13.4. The maximum atomic E-state index is 7.67. The van der Waals surface area contributed by atoms with Crippen molar-refractivity contribution in [2.45, 2.75) is 150 Å². The first kappa shape index (κ1) is 46.6. The normalized spacial score (nSPS) is 17.7. The molecule has 0 atom stereocenters.